The summed E-state index contributed by atoms with van der Waals surface area (Å²) in [6.45, 7) is 13.9. The molecule has 4 heterocycles. The van der Waals surface area contributed by atoms with E-state index < -0.39 is 0 Å². The van der Waals surface area contributed by atoms with Gasteiger partial charge in [0.1, 0.15) is 17.8 Å². The van der Waals surface area contributed by atoms with Crippen LogP contribution in [-0.4, -0.2) is 67.6 Å². The van der Waals surface area contributed by atoms with Crippen LogP contribution in [0.2, 0.25) is 0 Å². The van der Waals surface area contributed by atoms with E-state index in [1.165, 1.54) is 10.9 Å². The number of rotatable bonds is 8. The Labute approximate surface area is 239 Å². The monoisotopic (exact) mass is 559 g/mol. The van der Waals surface area contributed by atoms with E-state index in [-0.39, 0.29) is 17.4 Å². The Bertz CT molecular complexity index is 1550. The molecule has 1 N–H and O–H groups in total. The van der Waals surface area contributed by atoms with Crippen LogP contribution < -0.4 is 10.1 Å². The molecule has 0 spiro atoms. The molecule has 1 aliphatic rings. The van der Waals surface area contributed by atoms with E-state index in [9.17, 15) is 9.59 Å². The maximum absolute atomic E-state index is 13.0. The van der Waals surface area contributed by atoms with E-state index >= 15 is 0 Å². The Balaban J connectivity index is 1.26. The molecule has 2 amide bonds. The summed E-state index contributed by atoms with van der Waals surface area (Å²) in [4.78, 5) is 38.7. The topological polar surface area (TPSA) is 119 Å². The summed E-state index contributed by atoms with van der Waals surface area (Å²) in [5.74, 6) is 2.27. The van der Waals surface area contributed by atoms with E-state index in [0.29, 0.717) is 49.1 Å². The molecule has 0 aliphatic carbocycles. The molecule has 4 aromatic rings. The number of nitrogens with one attached hydrogen (secondary N) is 1. The zero-order valence-electron chi connectivity index (χ0n) is 24.3. The molecule has 1 aromatic carbocycles. The van der Waals surface area contributed by atoms with Crippen molar-refractivity contribution < 1.29 is 18.8 Å². The molecule has 0 saturated carbocycles. The Morgan fingerprint density at radius 3 is 2.66 bits per heavy atom. The van der Waals surface area contributed by atoms with Crippen molar-refractivity contribution in [2.24, 2.45) is 0 Å². The standard InChI is InChI=1S/C30H37N7O4/c1-6-35(7-2)13-12-27(38)36-14-11-22-23(18-36)31-19-32-28(22)40-21-8-9-24-20(16-21)10-15-37(24)29(39)33-26-17-25(41-34-26)30(3,4)5/h8-10,15-17,19H,6-7,11-14,18H2,1-5H3,(H,33,34,39). The van der Waals surface area contributed by atoms with E-state index in [0.717, 1.165) is 41.8 Å². The second-order valence-corrected chi connectivity index (χ2v) is 11.2. The number of amides is 2. The van der Waals surface area contributed by atoms with Gasteiger partial charge in [-0.25, -0.2) is 14.8 Å². The minimum Gasteiger partial charge on any atom is -0.439 e. The van der Waals surface area contributed by atoms with Crippen molar-refractivity contribution >= 4 is 28.7 Å². The number of anilines is 1. The first-order valence-electron chi connectivity index (χ1n) is 14.1. The lowest BCUT2D eigenvalue weighted by Gasteiger charge is -2.29. The second kappa shape index (κ2) is 11.7. The molecule has 0 fully saturated rings. The van der Waals surface area contributed by atoms with Crippen molar-refractivity contribution in [2.45, 2.75) is 59.4 Å². The maximum atomic E-state index is 13.0. The lowest BCUT2D eigenvalue weighted by Crippen LogP contribution is -2.38. The van der Waals surface area contributed by atoms with E-state index in [2.05, 4.69) is 39.2 Å². The number of hydrogen-bond acceptors (Lipinski definition) is 8. The highest BCUT2D eigenvalue weighted by molar-refractivity contribution is 5.98. The number of benzene rings is 1. The van der Waals surface area contributed by atoms with Crippen LogP contribution in [0, 0.1) is 0 Å². The molecule has 5 rings (SSSR count). The predicted molar refractivity (Wildman–Crippen MR) is 155 cm³/mol. The Morgan fingerprint density at radius 1 is 1.12 bits per heavy atom. The summed E-state index contributed by atoms with van der Waals surface area (Å²) in [6.07, 6.45) is 4.30. The number of nitrogens with zero attached hydrogens (tertiary/aromatic N) is 6. The SMILES string of the molecule is CCN(CC)CCC(=O)N1CCc2c(ncnc2Oc2ccc3c(ccn3C(=O)Nc3cc(C(C)(C)C)on3)c2)C1. The van der Waals surface area contributed by atoms with Crippen LogP contribution in [0.25, 0.3) is 10.9 Å². The van der Waals surface area contributed by atoms with Crippen LogP contribution in [0.3, 0.4) is 0 Å². The smallest absolute Gasteiger partial charge is 0.331 e. The summed E-state index contributed by atoms with van der Waals surface area (Å²) >= 11 is 0. The largest absolute Gasteiger partial charge is 0.439 e. The molecule has 0 radical (unpaired) electrons. The number of ether oxygens (including phenoxy) is 1. The van der Waals surface area contributed by atoms with Gasteiger partial charge in [0.2, 0.25) is 11.8 Å². The van der Waals surface area contributed by atoms with Gasteiger partial charge in [0.15, 0.2) is 5.82 Å². The van der Waals surface area contributed by atoms with E-state index in [4.69, 9.17) is 9.26 Å². The summed E-state index contributed by atoms with van der Waals surface area (Å²) in [5, 5.41) is 7.59. The quantitative estimate of drug-likeness (QED) is 0.313. The Hall–Kier alpha value is -4.25. The first kappa shape index (κ1) is 28.3. The summed E-state index contributed by atoms with van der Waals surface area (Å²) in [6, 6.07) is 8.75. The lowest BCUT2D eigenvalue weighted by atomic mass is 9.93. The molecule has 0 unspecified atom stereocenters. The van der Waals surface area contributed by atoms with Gasteiger partial charge in [-0.3, -0.25) is 14.7 Å². The Morgan fingerprint density at radius 2 is 1.93 bits per heavy atom. The fourth-order valence-corrected chi connectivity index (χ4v) is 4.91. The van der Waals surface area contributed by atoms with Crippen LogP contribution in [0.1, 0.15) is 58.1 Å². The van der Waals surface area contributed by atoms with Gasteiger partial charge in [0.25, 0.3) is 0 Å². The number of carbonyl (C=O) groups excluding carboxylic acids is 2. The van der Waals surface area contributed by atoms with Gasteiger partial charge in [-0.15, -0.1) is 0 Å². The highest BCUT2D eigenvalue weighted by Crippen LogP contribution is 2.31. The normalized spacial score (nSPS) is 13.5. The molecular weight excluding hydrogens is 522 g/mol. The van der Waals surface area contributed by atoms with E-state index in [1.807, 2.05) is 43.9 Å². The summed E-state index contributed by atoms with van der Waals surface area (Å²) in [5.41, 5.74) is 2.23. The average molecular weight is 560 g/mol. The third-order valence-corrected chi connectivity index (χ3v) is 7.44. The second-order valence-electron chi connectivity index (χ2n) is 11.2. The highest BCUT2D eigenvalue weighted by atomic mass is 16.5. The first-order valence-corrected chi connectivity index (χ1v) is 14.1. The van der Waals surface area contributed by atoms with Crippen molar-refractivity contribution in [1.29, 1.82) is 0 Å². The van der Waals surface area contributed by atoms with Gasteiger partial charge >= 0.3 is 6.03 Å². The van der Waals surface area contributed by atoms with Crippen molar-refractivity contribution in [3.05, 3.63) is 59.9 Å². The summed E-state index contributed by atoms with van der Waals surface area (Å²) in [7, 11) is 0. The number of fused-ring (bicyclic) bond motifs is 2. The molecule has 0 saturated heterocycles. The van der Waals surface area contributed by atoms with Gasteiger partial charge in [0.05, 0.1) is 17.8 Å². The molecule has 41 heavy (non-hydrogen) atoms. The molecule has 3 aromatic heterocycles. The molecule has 0 bridgehead atoms. The number of hydrogen-bond donors (Lipinski definition) is 1. The molecule has 11 nitrogen and oxygen atoms in total. The summed E-state index contributed by atoms with van der Waals surface area (Å²) < 4.78 is 13.1. The highest BCUT2D eigenvalue weighted by Gasteiger charge is 2.25. The molecule has 1 aliphatic heterocycles. The Kier molecular flexibility index (Phi) is 8.07. The minimum absolute atomic E-state index is 0.140. The van der Waals surface area contributed by atoms with Crippen LogP contribution in [0.5, 0.6) is 11.6 Å². The molecule has 11 heteroatoms. The zero-order valence-corrected chi connectivity index (χ0v) is 24.3. The average Bonchev–Trinajstić information content (AvgIpc) is 3.60. The maximum Gasteiger partial charge on any atom is 0.331 e. The van der Waals surface area contributed by atoms with Gasteiger partial charge in [-0.05, 0) is 43.8 Å². The van der Waals surface area contributed by atoms with E-state index in [1.54, 1.807) is 18.3 Å². The fourth-order valence-electron chi connectivity index (χ4n) is 4.91. The van der Waals surface area contributed by atoms with Crippen LogP contribution in [0.4, 0.5) is 10.6 Å². The zero-order chi connectivity index (χ0) is 29.1. The third-order valence-electron chi connectivity index (χ3n) is 7.44. The van der Waals surface area contributed by atoms with Crippen molar-refractivity contribution in [2.75, 3.05) is 31.5 Å². The third kappa shape index (κ3) is 6.25. The van der Waals surface area contributed by atoms with Crippen molar-refractivity contribution in [1.82, 2.24) is 29.5 Å². The minimum atomic E-state index is -0.344. The predicted octanol–water partition coefficient (Wildman–Crippen LogP) is 5.21. The first-order chi connectivity index (χ1) is 19.7. The van der Waals surface area contributed by atoms with Gasteiger partial charge in [-0.1, -0.05) is 39.8 Å². The van der Waals surface area contributed by atoms with Crippen molar-refractivity contribution in [3.63, 3.8) is 0 Å². The van der Waals surface area contributed by atoms with Gasteiger partial charge in [0, 0.05) is 48.1 Å². The fraction of sp³-hybridized carbons (Fsp3) is 0.433. The molecular formula is C30H37N7O4. The van der Waals surface area contributed by atoms with Gasteiger partial charge < -0.3 is 19.1 Å². The molecule has 216 valence electrons. The van der Waals surface area contributed by atoms with Crippen molar-refractivity contribution in [3.8, 4) is 11.6 Å². The number of aromatic nitrogens is 4. The van der Waals surface area contributed by atoms with Crippen LogP contribution in [0.15, 0.2) is 47.4 Å². The molecule has 0 atom stereocenters. The van der Waals surface area contributed by atoms with Crippen LogP contribution >= 0.6 is 0 Å². The van der Waals surface area contributed by atoms with Crippen LogP contribution in [-0.2, 0) is 23.2 Å². The number of carbonyl (C=O) groups is 2. The van der Waals surface area contributed by atoms with Gasteiger partial charge in [-0.2, -0.15) is 0 Å². The lowest BCUT2D eigenvalue weighted by molar-refractivity contribution is -0.132.